The fourth-order valence-electron chi connectivity index (χ4n) is 1.73. The average molecular weight is 356 g/mol. The molecule has 5 nitrogen and oxygen atoms in total. The summed E-state index contributed by atoms with van der Waals surface area (Å²) in [5.74, 6) is 0. The maximum atomic E-state index is 12.4. The second-order valence-corrected chi connectivity index (χ2v) is 7.17. The van der Waals surface area contributed by atoms with E-state index in [9.17, 15) is 8.42 Å². The number of hydrogen-bond acceptors (Lipinski definition) is 4. The van der Waals surface area contributed by atoms with Crippen LogP contribution in [0.5, 0.6) is 0 Å². The lowest BCUT2D eigenvalue weighted by Crippen LogP contribution is -2.44. The molecule has 8 heteroatoms. The fourth-order valence-corrected chi connectivity index (χ4v) is 4.15. The Morgan fingerprint density at radius 1 is 1.61 bits per heavy atom. The largest absolute Gasteiger partial charge is 0.376 e. The van der Waals surface area contributed by atoms with Gasteiger partial charge in [-0.1, -0.05) is 11.6 Å². The summed E-state index contributed by atoms with van der Waals surface area (Å²) >= 11 is 9.06. The third-order valence-corrected chi connectivity index (χ3v) is 5.32. The van der Waals surface area contributed by atoms with Crippen LogP contribution in [-0.4, -0.2) is 43.5 Å². The van der Waals surface area contributed by atoms with Crippen molar-refractivity contribution < 1.29 is 13.2 Å². The van der Waals surface area contributed by atoms with Crippen LogP contribution in [0.2, 0.25) is 5.15 Å². The van der Waals surface area contributed by atoms with Gasteiger partial charge in [-0.2, -0.15) is 4.31 Å². The van der Waals surface area contributed by atoms with Gasteiger partial charge in [0.25, 0.3) is 0 Å². The molecule has 0 N–H and O–H groups in total. The van der Waals surface area contributed by atoms with E-state index in [0.717, 1.165) is 0 Å². The molecule has 0 aromatic carbocycles. The molecule has 0 bridgehead atoms. The minimum absolute atomic E-state index is 0.0163. The van der Waals surface area contributed by atoms with Crippen LogP contribution < -0.4 is 0 Å². The highest BCUT2D eigenvalue weighted by Gasteiger charge is 2.31. The molecule has 0 amide bonds. The second-order valence-electron chi connectivity index (χ2n) is 3.99. The van der Waals surface area contributed by atoms with Gasteiger partial charge in [0, 0.05) is 23.8 Å². The Bertz CT molecular complexity index is 552. The zero-order chi connectivity index (χ0) is 13.3. The maximum Gasteiger partial charge on any atom is 0.246 e. The molecular formula is C10H12BrClN2O3S. The lowest BCUT2D eigenvalue weighted by molar-refractivity contribution is 0.0102. The SMILES string of the molecule is CC1CN(S(=O)(=O)c2cc(Br)cnc2Cl)CCO1. The summed E-state index contributed by atoms with van der Waals surface area (Å²) in [7, 11) is -3.62. The van der Waals surface area contributed by atoms with E-state index in [1.807, 2.05) is 6.92 Å². The van der Waals surface area contributed by atoms with Gasteiger partial charge in [-0.15, -0.1) is 0 Å². The highest BCUT2D eigenvalue weighted by Crippen LogP contribution is 2.26. The number of hydrogen-bond donors (Lipinski definition) is 0. The van der Waals surface area contributed by atoms with Gasteiger partial charge in [0.2, 0.25) is 10.0 Å². The van der Waals surface area contributed by atoms with Crippen LogP contribution in [0.4, 0.5) is 0 Å². The van der Waals surface area contributed by atoms with Gasteiger partial charge in [0.15, 0.2) is 0 Å². The van der Waals surface area contributed by atoms with E-state index in [2.05, 4.69) is 20.9 Å². The monoisotopic (exact) mass is 354 g/mol. The summed E-state index contributed by atoms with van der Waals surface area (Å²) in [4.78, 5) is 3.86. The molecule has 100 valence electrons. The molecule has 2 rings (SSSR count). The van der Waals surface area contributed by atoms with Gasteiger partial charge >= 0.3 is 0 Å². The Hall–Kier alpha value is -0.210. The van der Waals surface area contributed by atoms with Gasteiger partial charge in [0.1, 0.15) is 10.0 Å². The van der Waals surface area contributed by atoms with Gasteiger partial charge < -0.3 is 4.74 Å². The molecule has 1 aliphatic rings. The molecule has 1 fully saturated rings. The molecule has 0 aliphatic carbocycles. The van der Waals surface area contributed by atoms with E-state index in [1.165, 1.54) is 16.6 Å². The van der Waals surface area contributed by atoms with Crippen LogP contribution in [0.3, 0.4) is 0 Å². The zero-order valence-corrected chi connectivity index (χ0v) is 12.8. The number of sulfonamides is 1. The Labute approximate surface area is 119 Å². The molecule has 1 aliphatic heterocycles. The maximum absolute atomic E-state index is 12.4. The Morgan fingerprint density at radius 2 is 2.33 bits per heavy atom. The highest BCUT2D eigenvalue weighted by molar-refractivity contribution is 9.10. The first-order valence-electron chi connectivity index (χ1n) is 5.34. The average Bonchev–Trinajstić information content (AvgIpc) is 2.32. The Morgan fingerprint density at radius 3 is 3.00 bits per heavy atom. The van der Waals surface area contributed by atoms with Crippen LogP contribution in [0.15, 0.2) is 21.6 Å². The highest BCUT2D eigenvalue weighted by atomic mass is 79.9. The first kappa shape index (κ1) is 14.2. The van der Waals surface area contributed by atoms with E-state index in [1.54, 1.807) is 0 Å². The number of pyridine rings is 1. The molecule has 0 radical (unpaired) electrons. The quantitative estimate of drug-likeness (QED) is 0.760. The number of aromatic nitrogens is 1. The third-order valence-electron chi connectivity index (χ3n) is 2.60. The molecule has 0 spiro atoms. The molecular weight excluding hydrogens is 344 g/mol. The van der Waals surface area contributed by atoms with Crippen molar-refractivity contribution in [1.29, 1.82) is 0 Å². The molecule has 1 unspecified atom stereocenters. The fraction of sp³-hybridized carbons (Fsp3) is 0.500. The topological polar surface area (TPSA) is 59.5 Å². The summed E-state index contributed by atoms with van der Waals surface area (Å²) in [6, 6.07) is 1.46. The summed E-state index contributed by atoms with van der Waals surface area (Å²) < 4.78 is 32.1. The van der Waals surface area contributed by atoms with Crippen molar-refractivity contribution in [2.75, 3.05) is 19.7 Å². The van der Waals surface area contributed by atoms with Crippen molar-refractivity contribution in [2.45, 2.75) is 17.9 Å². The van der Waals surface area contributed by atoms with Crippen molar-refractivity contribution in [1.82, 2.24) is 9.29 Å². The van der Waals surface area contributed by atoms with Crippen molar-refractivity contribution in [2.24, 2.45) is 0 Å². The molecule has 1 saturated heterocycles. The first-order valence-corrected chi connectivity index (χ1v) is 7.95. The van der Waals surface area contributed by atoms with Gasteiger partial charge in [0.05, 0.1) is 12.7 Å². The number of nitrogens with zero attached hydrogens (tertiary/aromatic N) is 2. The predicted octanol–water partition coefficient (Wildman–Crippen LogP) is 1.91. The third kappa shape index (κ3) is 2.85. The lowest BCUT2D eigenvalue weighted by atomic mass is 10.3. The smallest absolute Gasteiger partial charge is 0.246 e. The van der Waals surface area contributed by atoms with Crippen LogP contribution >= 0.6 is 27.5 Å². The number of morpholine rings is 1. The van der Waals surface area contributed by atoms with E-state index < -0.39 is 10.0 Å². The summed E-state index contributed by atoms with van der Waals surface area (Å²) in [5, 5.41) is -0.0163. The van der Waals surface area contributed by atoms with Crippen LogP contribution in [0, 0.1) is 0 Å². The van der Waals surface area contributed by atoms with Gasteiger partial charge in [-0.25, -0.2) is 13.4 Å². The van der Waals surface area contributed by atoms with Crippen LogP contribution in [0.25, 0.3) is 0 Å². The number of ether oxygens (including phenoxy) is 1. The minimum atomic E-state index is -3.62. The molecule has 1 aromatic rings. The van der Waals surface area contributed by atoms with Gasteiger partial charge in [-0.3, -0.25) is 0 Å². The van der Waals surface area contributed by atoms with Crippen molar-refractivity contribution >= 4 is 37.6 Å². The molecule has 0 saturated carbocycles. The summed E-state index contributed by atoms with van der Waals surface area (Å²) in [5.41, 5.74) is 0. The summed E-state index contributed by atoms with van der Waals surface area (Å²) in [6.07, 6.45) is 1.34. The van der Waals surface area contributed by atoms with Crippen LogP contribution in [0.1, 0.15) is 6.92 Å². The molecule has 2 heterocycles. The number of halogens is 2. The van der Waals surface area contributed by atoms with Gasteiger partial charge in [-0.05, 0) is 28.9 Å². The first-order chi connectivity index (χ1) is 8.41. The van der Waals surface area contributed by atoms with E-state index >= 15 is 0 Å². The second kappa shape index (κ2) is 5.42. The predicted molar refractivity (Wildman–Crippen MR) is 71.1 cm³/mol. The molecule has 1 atom stereocenters. The normalized spacial score (nSPS) is 22.1. The van der Waals surface area contributed by atoms with E-state index in [-0.39, 0.29) is 16.2 Å². The lowest BCUT2D eigenvalue weighted by Gasteiger charge is -2.30. The Kier molecular flexibility index (Phi) is 4.28. The minimum Gasteiger partial charge on any atom is -0.376 e. The number of rotatable bonds is 2. The van der Waals surface area contributed by atoms with E-state index in [0.29, 0.717) is 24.2 Å². The standard InChI is InChI=1S/C10H12BrClN2O3S/c1-7-6-14(2-3-17-7)18(15,16)9-4-8(11)5-13-10(9)12/h4-5,7H,2-3,6H2,1H3. The Balaban J connectivity index is 2.38. The van der Waals surface area contributed by atoms with Crippen molar-refractivity contribution in [3.8, 4) is 0 Å². The van der Waals surface area contributed by atoms with Crippen molar-refractivity contribution in [3.05, 3.63) is 21.9 Å². The molecule has 18 heavy (non-hydrogen) atoms. The summed E-state index contributed by atoms with van der Waals surface area (Å²) in [6.45, 7) is 2.88. The zero-order valence-electron chi connectivity index (χ0n) is 9.64. The molecule has 1 aromatic heterocycles. The van der Waals surface area contributed by atoms with E-state index in [4.69, 9.17) is 16.3 Å². The van der Waals surface area contributed by atoms with Crippen molar-refractivity contribution in [3.63, 3.8) is 0 Å². The van der Waals surface area contributed by atoms with Crippen LogP contribution in [-0.2, 0) is 14.8 Å².